The first-order valence-corrected chi connectivity index (χ1v) is 7.05. The molecule has 1 aromatic heterocycles. The van der Waals surface area contributed by atoms with Gasteiger partial charge in [-0.3, -0.25) is 0 Å². The van der Waals surface area contributed by atoms with Crippen LogP contribution in [0.3, 0.4) is 0 Å². The topological polar surface area (TPSA) is 113 Å². The van der Waals surface area contributed by atoms with Crippen LogP contribution in [-0.2, 0) is 10.0 Å². The Kier molecular flexibility index (Phi) is 3.76. The predicted molar refractivity (Wildman–Crippen MR) is 68.9 cm³/mol. The lowest BCUT2D eigenvalue weighted by atomic mass is 10.3. The van der Waals surface area contributed by atoms with Crippen molar-refractivity contribution in [1.82, 2.24) is 25.3 Å². The summed E-state index contributed by atoms with van der Waals surface area (Å²) in [6.45, 7) is 1.64. The van der Waals surface area contributed by atoms with Gasteiger partial charge in [0.1, 0.15) is 0 Å². The molecule has 2 rings (SSSR count). The quantitative estimate of drug-likeness (QED) is 0.726. The summed E-state index contributed by atoms with van der Waals surface area (Å²) in [6, 6.07) is 5.86. The van der Waals surface area contributed by atoms with Crippen molar-refractivity contribution in [1.29, 1.82) is 0 Å². The molecule has 1 aromatic carbocycles. The number of benzene rings is 1. The highest BCUT2D eigenvalue weighted by Crippen LogP contribution is 2.16. The van der Waals surface area contributed by atoms with Gasteiger partial charge in [0, 0.05) is 12.7 Å². The zero-order chi connectivity index (χ0) is 13.9. The molecule has 0 saturated carbocycles. The highest BCUT2D eigenvalue weighted by Gasteiger charge is 2.20. The third-order valence-electron chi connectivity index (χ3n) is 2.53. The number of aromatic nitrogens is 4. The Labute approximate surface area is 110 Å². The van der Waals surface area contributed by atoms with Gasteiger partial charge in [0.15, 0.2) is 5.82 Å². The average molecular weight is 282 g/mol. The minimum absolute atomic E-state index is 0.182. The van der Waals surface area contributed by atoms with E-state index in [0.717, 1.165) is 5.69 Å². The van der Waals surface area contributed by atoms with Gasteiger partial charge in [0.25, 0.3) is 0 Å². The summed E-state index contributed by atoms with van der Waals surface area (Å²) in [5.74, 6) is 0.287. The van der Waals surface area contributed by atoms with Gasteiger partial charge in [0.2, 0.25) is 10.0 Å². The zero-order valence-corrected chi connectivity index (χ0v) is 11.3. The van der Waals surface area contributed by atoms with E-state index in [9.17, 15) is 8.42 Å². The van der Waals surface area contributed by atoms with Crippen molar-refractivity contribution in [3.05, 3.63) is 30.1 Å². The van der Waals surface area contributed by atoms with Crippen molar-refractivity contribution in [2.45, 2.75) is 17.9 Å². The van der Waals surface area contributed by atoms with Crippen molar-refractivity contribution in [2.24, 2.45) is 0 Å². The Morgan fingerprint density at radius 1 is 1.26 bits per heavy atom. The zero-order valence-electron chi connectivity index (χ0n) is 10.5. The fraction of sp³-hybridized carbons (Fsp3) is 0.300. The average Bonchev–Trinajstić information content (AvgIpc) is 2.92. The molecule has 2 aromatic rings. The SMILES string of the molecule is CNc1ccc(S(=O)(=O)NC(C)c2nn[nH]n2)cc1. The van der Waals surface area contributed by atoms with Crippen LogP contribution in [0, 0.1) is 0 Å². The molecule has 102 valence electrons. The van der Waals surface area contributed by atoms with Gasteiger partial charge in [-0.2, -0.15) is 5.21 Å². The number of rotatable bonds is 5. The van der Waals surface area contributed by atoms with Crippen LogP contribution in [0.4, 0.5) is 5.69 Å². The van der Waals surface area contributed by atoms with Crippen LogP contribution in [0.25, 0.3) is 0 Å². The monoisotopic (exact) mass is 282 g/mol. The van der Waals surface area contributed by atoms with Crippen LogP contribution in [-0.4, -0.2) is 36.1 Å². The second-order valence-electron chi connectivity index (χ2n) is 3.89. The number of hydrogen-bond donors (Lipinski definition) is 3. The van der Waals surface area contributed by atoms with E-state index in [4.69, 9.17) is 0 Å². The van der Waals surface area contributed by atoms with E-state index in [1.54, 1.807) is 26.1 Å². The first-order chi connectivity index (χ1) is 9.03. The van der Waals surface area contributed by atoms with E-state index in [-0.39, 0.29) is 10.7 Å². The summed E-state index contributed by atoms with van der Waals surface area (Å²) in [4.78, 5) is 0.182. The van der Waals surface area contributed by atoms with Gasteiger partial charge in [-0.1, -0.05) is 5.21 Å². The maximum absolute atomic E-state index is 12.1. The molecule has 9 heteroatoms. The van der Waals surface area contributed by atoms with E-state index in [1.807, 2.05) is 0 Å². The van der Waals surface area contributed by atoms with Crippen LogP contribution >= 0.6 is 0 Å². The summed E-state index contributed by atoms with van der Waals surface area (Å²) < 4.78 is 26.7. The lowest BCUT2D eigenvalue weighted by molar-refractivity contribution is 0.560. The smallest absolute Gasteiger partial charge is 0.241 e. The molecule has 0 amide bonds. The van der Waals surface area contributed by atoms with Crippen LogP contribution in [0.1, 0.15) is 18.8 Å². The first-order valence-electron chi connectivity index (χ1n) is 5.56. The lowest BCUT2D eigenvalue weighted by Gasteiger charge is -2.11. The maximum Gasteiger partial charge on any atom is 0.241 e. The summed E-state index contributed by atoms with van der Waals surface area (Å²) in [5, 5.41) is 16.1. The summed E-state index contributed by atoms with van der Waals surface area (Å²) in [6.07, 6.45) is 0. The number of nitrogens with zero attached hydrogens (tertiary/aromatic N) is 3. The largest absolute Gasteiger partial charge is 0.388 e. The Balaban J connectivity index is 2.17. The molecule has 3 N–H and O–H groups in total. The Morgan fingerprint density at radius 3 is 2.47 bits per heavy atom. The van der Waals surface area contributed by atoms with Crippen molar-refractivity contribution < 1.29 is 8.42 Å². The Morgan fingerprint density at radius 2 is 1.95 bits per heavy atom. The fourth-order valence-electron chi connectivity index (χ4n) is 1.51. The van der Waals surface area contributed by atoms with Crippen LogP contribution in [0.5, 0.6) is 0 Å². The number of anilines is 1. The van der Waals surface area contributed by atoms with Crippen molar-refractivity contribution in [2.75, 3.05) is 12.4 Å². The highest BCUT2D eigenvalue weighted by atomic mass is 32.2. The minimum atomic E-state index is -3.61. The van der Waals surface area contributed by atoms with Gasteiger partial charge in [-0.15, -0.1) is 10.2 Å². The van der Waals surface area contributed by atoms with Crippen LogP contribution < -0.4 is 10.0 Å². The predicted octanol–water partition coefficient (Wildman–Crippen LogP) is 0.281. The van der Waals surface area contributed by atoms with Gasteiger partial charge >= 0.3 is 0 Å². The van der Waals surface area contributed by atoms with Gasteiger partial charge in [-0.25, -0.2) is 13.1 Å². The molecule has 1 atom stereocenters. The molecule has 8 nitrogen and oxygen atoms in total. The van der Waals surface area contributed by atoms with E-state index in [1.165, 1.54) is 12.1 Å². The summed E-state index contributed by atoms with van der Waals surface area (Å²) >= 11 is 0. The molecule has 0 aliphatic heterocycles. The minimum Gasteiger partial charge on any atom is -0.388 e. The number of tetrazole rings is 1. The molecule has 19 heavy (non-hydrogen) atoms. The van der Waals surface area contributed by atoms with Gasteiger partial charge in [-0.05, 0) is 31.2 Å². The van der Waals surface area contributed by atoms with Crippen LogP contribution in [0.2, 0.25) is 0 Å². The van der Waals surface area contributed by atoms with Crippen molar-refractivity contribution in [3.8, 4) is 0 Å². The molecule has 0 aliphatic carbocycles. The third-order valence-corrected chi connectivity index (χ3v) is 4.09. The number of H-pyrrole nitrogens is 1. The highest BCUT2D eigenvalue weighted by molar-refractivity contribution is 7.89. The van der Waals surface area contributed by atoms with Crippen LogP contribution in [0.15, 0.2) is 29.2 Å². The molecule has 0 radical (unpaired) electrons. The summed E-state index contributed by atoms with van der Waals surface area (Å²) in [7, 11) is -1.85. The summed E-state index contributed by atoms with van der Waals surface area (Å²) in [5.41, 5.74) is 0.838. The second kappa shape index (κ2) is 5.33. The molecular formula is C10H14N6O2S. The number of aromatic amines is 1. The third kappa shape index (κ3) is 3.06. The van der Waals surface area contributed by atoms with Gasteiger partial charge < -0.3 is 5.32 Å². The lowest BCUT2D eigenvalue weighted by Crippen LogP contribution is -2.27. The molecule has 1 unspecified atom stereocenters. The maximum atomic E-state index is 12.1. The molecule has 0 bridgehead atoms. The van der Waals surface area contributed by atoms with E-state index in [0.29, 0.717) is 0 Å². The number of nitrogens with one attached hydrogen (secondary N) is 3. The molecular weight excluding hydrogens is 268 g/mol. The molecule has 0 aliphatic rings. The number of hydrogen-bond acceptors (Lipinski definition) is 6. The molecule has 0 fully saturated rings. The van der Waals surface area contributed by atoms with Gasteiger partial charge in [0.05, 0.1) is 10.9 Å². The van der Waals surface area contributed by atoms with E-state index in [2.05, 4.69) is 30.7 Å². The molecule has 0 saturated heterocycles. The Bertz CT molecular complexity index is 623. The Hall–Kier alpha value is -2.00. The van der Waals surface area contributed by atoms with E-state index >= 15 is 0 Å². The van der Waals surface area contributed by atoms with Crippen molar-refractivity contribution >= 4 is 15.7 Å². The molecule has 0 spiro atoms. The normalized spacial score (nSPS) is 13.2. The standard InChI is InChI=1S/C10H14N6O2S/c1-7(10-12-15-16-13-10)14-19(17,18)9-5-3-8(11-2)4-6-9/h3-7,11,14H,1-2H3,(H,12,13,15,16). The molecule has 1 heterocycles. The van der Waals surface area contributed by atoms with Crippen molar-refractivity contribution in [3.63, 3.8) is 0 Å². The first kappa shape index (κ1) is 13.4. The fourth-order valence-corrected chi connectivity index (χ4v) is 2.71. The van der Waals surface area contributed by atoms with E-state index < -0.39 is 16.1 Å². The number of sulfonamides is 1. The second-order valence-corrected chi connectivity index (χ2v) is 5.60.